The molecule has 0 unspecified atom stereocenters. The number of nitrogens with zero attached hydrogens (tertiary/aromatic N) is 1. The molecule has 2 heterocycles. The normalized spacial score (nSPS) is 14.3. The molecule has 0 saturated heterocycles. The molecule has 1 aliphatic heterocycles. The van der Waals surface area contributed by atoms with Crippen LogP contribution in [-0.4, -0.2) is 12.5 Å². The van der Waals surface area contributed by atoms with Gasteiger partial charge < -0.3 is 4.90 Å². The van der Waals surface area contributed by atoms with Crippen LogP contribution in [0.2, 0.25) is 4.34 Å². The smallest absolute Gasteiger partial charge is 0.268 e. The Bertz CT molecular complexity index is 640. The van der Waals surface area contributed by atoms with E-state index in [0.717, 1.165) is 18.4 Å². The predicted octanol–water partition coefficient (Wildman–Crippen LogP) is 4.13. The van der Waals surface area contributed by atoms with Gasteiger partial charge in [0.05, 0.1) is 14.9 Å². The van der Waals surface area contributed by atoms with Crippen molar-refractivity contribution in [1.29, 1.82) is 0 Å². The van der Waals surface area contributed by atoms with E-state index in [0.29, 0.717) is 21.4 Å². The van der Waals surface area contributed by atoms with Gasteiger partial charge >= 0.3 is 0 Å². The average molecular weight is 296 g/mol. The second-order valence-corrected chi connectivity index (χ2v) is 6.13. The quantitative estimate of drug-likeness (QED) is 0.774. The first-order chi connectivity index (χ1) is 9.16. The van der Waals surface area contributed by atoms with Crippen LogP contribution in [0.15, 0.2) is 30.3 Å². The molecule has 3 rings (SSSR count). The van der Waals surface area contributed by atoms with E-state index in [1.54, 1.807) is 18.2 Å². The maximum Gasteiger partial charge on any atom is 0.268 e. The topological polar surface area (TPSA) is 20.3 Å². The van der Waals surface area contributed by atoms with Crippen molar-refractivity contribution in [2.75, 3.05) is 11.4 Å². The lowest BCUT2D eigenvalue weighted by Gasteiger charge is -2.29. The van der Waals surface area contributed by atoms with Crippen LogP contribution in [0.1, 0.15) is 21.7 Å². The number of carbonyl (C=O) groups is 1. The Hall–Kier alpha value is -1.39. The number of anilines is 1. The number of benzene rings is 1. The minimum absolute atomic E-state index is 0.178. The maximum absolute atomic E-state index is 14.0. The van der Waals surface area contributed by atoms with E-state index in [9.17, 15) is 9.18 Å². The van der Waals surface area contributed by atoms with E-state index in [1.165, 1.54) is 22.3 Å². The van der Waals surface area contributed by atoms with Crippen molar-refractivity contribution in [3.63, 3.8) is 0 Å². The van der Waals surface area contributed by atoms with Crippen LogP contribution in [0, 0.1) is 5.82 Å². The Labute approximate surface area is 119 Å². The number of halogens is 2. The van der Waals surface area contributed by atoms with Gasteiger partial charge in [0.25, 0.3) is 5.91 Å². The standard InChI is InChI=1S/C14H11ClFNOS/c15-12-7-6-11(19-12)14(18)17-8-2-4-9-3-1-5-10(16)13(9)17/h1,3,5-7H,2,4,8H2. The Balaban J connectivity index is 2.02. The summed E-state index contributed by atoms with van der Waals surface area (Å²) in [5.74, 6) is -0.517. The number of thiophene rings is 1. The highest BCUT2D eigenvalue weighted by molar-refractivity contribution is 7.18. The van der Waals surface area contributed by atoms with E-state index in [1.807, 2.05) is 6.07 Å². The molecule has 2 nitrogen and oxygen atoms in total. The molecule has 0 radical (unpaired) electrons. The Kier molecular flexibility index (Phi) is 3.29. The van der Waals surface area contributed by atoms with Crippen molar-refractivity contribution in [3.05, 3.63) is 50.9 Å². The Morgan fingerprint density at radius 1 is 1.32 bits per heavy atom. The molecule has 0 aliphatic carbocycles. The first kappa shape index (κ1) is 12.6. The molecule has 0 N–H and O–H groups in total. The zero-order valence-electron chi connectivity index (χ0n) is 10.0. The third kappa shape index (κ3) is 2.26. The summed E-state index contributed by atoms with van der Waals surface area (Å²) >= 11 is 7.07. The number of amides is 1. The maximum atomic E-state index is 14.0. The summed E-state index contributed by atoms with van der Waals surface area (Å²) in [7, 11) is 0. The van der Waals surface area contributed by atoms with Crippen LogP contribution in [-0.2, 0) is 6.42 Å². The van der Waals surface area contributed by atoms with E-state index in [4.69, 9.17) is 11.6 Å². The van der Waals surface area contributed by atoms with Crippen LogP contribution in [0.25, 0.3) is 0 Å². The van der Waals surface area contributed by atoms with Crippen molar-refractivity contribution < 1.29 is 9.18 Å². The fourth-order valence-corrected chi connectivity index (χ4v) is 3.36. The number of carbonyl (C=O) groups excluding carboxylic acids is 1. The lowest BCUT2D eigenvalue weighted by atomic mass is 10.0. The molecule has 0 atom stereocenters. The summed E-state index contributed by atoms with van der Waals surface area (Å²) in [6.45, 7) is 0.544. The molecule has 0 bridgehead atoms. The molecule has 5 heteroatoms. The highest BCUT2D eigenvalue weighted by atomic mass is 35.5. The fourth-order valence-electron chi connectivity index (χ4n) is 2.37. The zero-order chi connectivity index (χ0) is 13.4. The summed E-state index contributed by atoms with van der Waals surface area (Å²) in [5, 5.41) is 0. The van der Waals surface area contributed by atoms with Gasteiger partial charge in [-0.1, -0.05) is 23.7 Å². The van der Waals surface area contributed by atoms with Gasteiger partial charge in [0.15, 0.2) is 0 Å². The van der Waals surface area contributed by atoms with Gasteiger partial charge in [-0.2, -0.15) is 0 Å². The fraction of sp³-hybridized carbons (Fsp3) is 0.214. The minimum atomic E-state index is -0.340. The SMILES string of the molecule is O=C(c1ccc(Cl)s1)N1CCCc2cccc(F)c21. The van der Waals surface area contributed by atoms with Gasteiger partial charge in [0.2, 0.25) is 0 Å². The molecule has 1 aliphatic rings. The van der Waals surface area contributed by atoms with Gasteiger partial charge in [-0.3, -0.25) is 4.79 Å². The molecule has 98 valence electrons. The number of rotatable bonds is 1. The third-order valence-corrected chi connectivity index (χ3v) is 4.42. The second-order valence-electron chi connectivity index (χ2n) is 4.41. The summed E-state index contributed by atoms with van der Waals surface area (Å²) in [5.41, 5.74) is 1.31. The molecule has 1 amide bonds. The molecule has 2 aromatic rings. The molecule has 0 saturated carbocycles. The average Bonchev–Trinajstić information content (AvgIpc) is 2.84. The predicted molar refractivity (Wildman–Crippen MR) is 75.7 cm³/mol. The lowest BCUT2D eigenvalue weighted by Crippen LogP contribution is -2.35. The van der Waals surface area contributed by atoms with Crippen LogP contribution < -0.4 is 4.90 Å². The van der Waals surface area contributed by atoms with Crippen LogP contribution in [0.3, 0.4) is 0 Å². The first-order valence-electron chi connectivity index (χ1n) is 6.01. The molecular weight excluding hydrogens is 285 g/mol. The zero-order valence-corrected chi connectivity index (χ0v) is 11.6. The number of fused-ring (bicyclic) bond motifs is 1. The summed E-state index contributed by atoms with van der Waals surface area (Å²) < 4.78 is 14.6. The van der Waals surface area contributed by atoms with E-state index in [-0.39, 0.29) is 11.7 Å². The van der Waals surface area contributed by atoms with Crippen molar-refractivity contribution in [1.82, 2.24) is 0 Å². The van der Waals surface area contributed by atoms with Gasteiger partial charge in [-0.25, -0.2) is 4.39 Å². The first-order valence-corrected chi connectivity index (χ1v) is 7.21. The number of hydrogen-bond donors (Lipinski definition) is 0. The molecular formula is C14H11ClFNOS. The Morgan fingerprint density at radius 3 is 2.89 bits per heavy atom. The van der Waals surface area contributed by atoms with E-state index in [2.05, 4.69) is 0 Å². The summed E-state index contributed by atoms with van der Waals surface area (Å²) in [6.07, 6.45) is 1.66. The third-order valence-electron chi connectivity index (χ3n) is 3.20. The monoisotopic (exact) mass is 295 g/mol. The van der Waals surface area contributed by atoms with Crippen molar-refractivity contribution in [2.24, 2.45) is 0 Å². The van der Waals surface area contributed by atoms with Crippen LogP contribution in [0.4, 0.5) is 10.1 Å². The highest BCUT2D eigenvalue weighted by Gasteiger charge is 2.27. The summed E-state index contributed by atoms with van der Waals surface area (Å²) in [6, 6.07) is 8.32. The number of para-hydroxylation sites is 1. The van der Waals surface area contributed by atoms with Gasteiger partial charge in [-0.15, -0.1) is 11.3 Å². The van der Waals surface area contributed by atoms with Crippen LogP contribution >= 0.6 is 22.9 Å². The van der Waals surface area contributed by atoms with Gasteiger partial charge in [0.1, 0.15) is 5.82 Å². The van der Waals surface area contributed by atoms with Crippen LogP contribution in [0.5, 0.6) is 0 Å². The molecule has 0 fully saturated rings. The van der Waals surface area contributed by atoms with Crippen molar-refractivity contribution in [3.8, 4) is 0 Å². The molecule has 19 heavy (non-hydrogen) atoms. The minimum Gasteiger partial charge on any atom is -0.305 e. The number of hydrogen-bond acceptors (Lipinski definition) is 2. The highest BCUT2D eigenvalue weighted by Crippen LogP contribution is 2.32. The molecule has 0 spiro atoms. The summed E-state index contributed by atoms with van der Waals surface area (Å²) in [4.78, 5) is 14.5. The largest absolute Gasteiger partial charge is 0.305 e. The van der Waals surface area contributed by atoms with Gasteiger partial charge in [0, 0.05) is 6.54 Å². The van der Waals surface area contributed by atoms with Crippen molar-refractivity contribution >= 4 is 34.5 Å². The van der Waals surface area contributed by atoms with E-state index < -0.39 is 0 Å². The second kappa shape index (κ2) is 4.94. The molecule has 1 aromatic carbocycles. The Morgan fingerprint density at radius 2 is 2.16 bits per heavy atom. The van der Waals surface area contributed by atoms with Gasteiger partial charge in [-0.05, 0) is 36.6 Å². The number of aryl methyl sites for hydroxylation is 1. The lowest BCUT2D eigenvalue weighted by molar-refractivity contribution is 0.0988. The van der Waals surface area contributed by atoms with E-state index >= 15 is 0 Å². The molecule has 1 aromatic heterocycles. The van der Waals surface area contributed by atoms with Crippen molar-refractivity contribution in [2.45, 2.75) is 12.8 Å².